The third kappa shape index (κ3) is 2.18. The van der Waals surface area contributed by atoms with Gasteiger partial charge in [0, 0.05) is 5.56 Å². The predicted molar refractivity (Wildman–Crippen MR) is 47.8 cm³/mol. The fourth-order valence-corrected chi connectivity index (χ4v) is 0.875. The molecular weight excluding hydrogens is 170 g/mol. The molecule has 1 aromatic heterocycles. The van der Waals surface area contributed by atoms with Crippen molar-refractivity contribution in [2.75, 3.05) is 6.61 Å². The molecule has 0 atom stereocenters. The van der Waals surface area contributed by atoms with Gasteiger partial charge in [0.2, 0.25) is 0 Å². The number of H-pyrrole nitrogens is 1. The monoisotopic (exact) mass is 181 g/mol. The van der Waals surface area contributed by atoms with Crippen molar-refractivity contribution < 1.29 is 9.53 Å². The van der Waals surface area contributed by atoms with Crippen molar-refractivity contribution in [2.24, 2.45) is 0 Å². The lowest BCUT2D eigenvalue weighted by Crippen LogP contribution is -2.16. The zero-order valence-corrected chi connectivity index (χ0v) is 7.59. The second-order valence-electron chi connectivity index (χ2n) is 2.60. The minimum atomic E-state index is -0.500. The van der Waals surface area contributed by atoms with E-state index in [1.165, 1.54) is 6.07 Å². The molecule has 1 rings (SSSR count). The van der Waals surface area contributed by atoms with Crippen molar-refractivity contribution >= 4 is 5.97 Å². The molecule has 0 aromatic carbocycles. The van der Waals surface area contributed by atoms with Gasteiger partial charge < -0.3 is 9.72 Å². The molecule has 0 saturated heterocycles. The van der Waals surface area contributed by atoms with Crippen LogP contribution in [0.3, 0.4) is 0 Å². The van der Waals surface area contributed by atoms with Crippen LogP contribution in [0, 0.1) is 6.92 Å². The molecule has 0 radical (unpaired) electrons. The van der Waals surface area contributed by atoms with Crippen LogP contribution in [-0.4, -0.2) is 17.6 Å². The molecule has 1 aromatic rings. The van der Waals surface area contributed by atoms with Gasteiger partial charge in [0.15, 0.2) is 0 Å². The molecule has 0 amide bonds. The van der Waals surface area contributed by atoms with Crippen molar-refractivity contribution in [2.45, 2.75) is 13.8 Å². The minimum Gasteiger partial charge on any atom is -0.461 e. The third-order valence-electron chi connectivity index (χ3n) is 1.60. The molecule has 4 nitrogen and oxygen atoms in total. The molecule has 0 unspecified atom stereocenters. The number of carbonyl (C=O) groups is 1. The molecule has 1 N–H and O–H groups in total. The van der Waals surface area contributed by atoms with Crippen molar-refractivity contribution in [3.63, 3.8) is 0 Å². The van der Waals surface area contributed by atoms with Gasteiger partial charge in [-0.3, -0.25) is 4.79 Å². The van der Waals surface area contributed by atoms with Gasteiger partial charge in [0.1, 0.15) is 5.69 Å². The van der Waals surface area contributed by atoms with Gasteiger partial charge in [0.05, 0.1) is 6.61 Å². The molecule has 0 aliphatic heterocycles. The van der Waals surface area contributed by atoms with Gasteiger partial charge in [-0.05, 0) is 19.9 Å². The summed E-state index contributed by atoms with van der Waals surface area (Å²) < 4.78 is 4.71. The Morgan fingerprint density at radius 3 is 2.77 bits per heavy atom. The Bertz CT molecular complexity index is 367. The van der Waals surface area contributed by atoms with Crippen molar-refractivity contribution in [1.29, 1.82) is 0 Å². The zero-order chi connectivity index (χ0) is 9.84. The number of hydrogen-bond acceptors (Lipinski definition) is 3. The molecule has 0 aliphatic carbocycles. The lowest BCUT2D eigenvalue weighted by Gasteiger charge is -2.00. The molecule has 1 heterocycles. The normalized spacial score (nSPS) is 9.69. The maximum atomic E-state index is 11.1. The summed E-state index contributed by atoms with van der Waals surface area (Å²) >= 11 is 0. The number of pyridine rings is 1. The largest absolute Gasteiger partial charge is 0.461 e. The number of aromatic nitrogens is 1. The molecule has 13 heavy (non-hydrogen) atoms. The van der Waals surface area contributed by atoms with Crippen LogP contribution >= 0.6 is 0 Å². The fourth-order valence-electron chi connectivity index (χ4n) is 0.875. The second kappa shape index (κ2) is 3.89. The highest BCUT2D eigenvalue weighted by molar-refractivity contribution is 5.87. The average Bonchev–Trinajstić information content (AvgIpc) is 2.10. The van der Waals surface area contributed by atoms with E-state index in [1.807, 2.05) is 0 Å². The Hall–Kier alpha value is -1.58. The SMILES string of the molecule is CCOC(=O)c1ccc(C)c(=O)[nH]1. The molecule has 0 aliphatic rings. The Kier molecular flexibility index (Phi) is 2.84. The zero-order valence-electron chi connectivity index (χ0n) is 7.59. The van der Waals surface area contributed by atoms with Crippen LogP contribution in [0.5, 0.6) is 0 Å². The summed E-state index contributed by atoms with van der Waals surface area (Å²) in [6.45, 7) is 3.69. The summed E-state index contributed by atoms with van der Waals surface area (Å²) in [5.41, 5.74) is 0.510. The van der Waals surface area contributed by atoms with E-state index in [-0.39, 0.29) is 11.3 Å². The van der Waals surface area contributed by atoms with Crippen LogP contribution in [0.15, 0.2) is 16.9 Å². The summed E-state index contributed by atoms with van der Waals surface area (Å²) in [6.07, 6.45) is 0. The van der Waals surface area contributed by atoms with E-state index < -0.39 is 5.97 Å². The van der Waals surface area contributed by atoms with Crippen LogP contribution in [0.2, 0.25) is 0 Å². The number of carbonyl (C=O) groups excluding carboxylic acids is 1. The van der Waals surface area contributed by atoms with Crippen molar-refractivity contribution in [3.8, 4) is 0 Å². The minimum absolute atomic E-state index is 0.192. The lowest BCUT2D eigenvalue weighted by atomic mass is 10.3. The van der Waals surface area contributed by atoms with Gasteiger partial charge >= 0.3 is 5.97 Å². The maximum absolute atomic E-state index is 11.1. The average molecular weight is 181 g/mol. The summed E-state index contributed by atoms with van der Waals surface area (Å²) in [4.78, 5) is 24.6. The van der Waals surface area contributed by atoms with Gasteiger partial charge in [-0.1, -0.05) is 6.07 Å². The topological polar surface area (TPSA) is 59.2 Å². The van der Waals surface area contributed by atoms with E-state index in [4.69, 9.17) is 4.74 Å². The van der Waals surface area contributed by atoms with Gasteiger partial charge in [-0.25, -0.2) is 4.79 Å². The van der Waals surface area contributed by atoms with E-state index in [0.29, 0.717) is 12.2 Å². The Morgan fingerprint density at radius 2 is 2.23 bits per heavy atom. The Morgan fingerprint density at radius 1 is 1.54 bits per heavy atom. The number of esters is 1. The first kappa shape index (κ1) is 9.51. The quantitative estimate of drug-likeness (QED) is 0.688. The molecule has 70 valence electrons. The smallest absolute Gasteiger partial charge is 0.354 e. The standard InChI is InChI=1S/C9H11NO3/c1-3-13-9(12)7-5-4-6(2)8(11)10-7/h4-5H,3H2,1-2H3,(H,10,11). The first-order valence-corrected chi connectivity index (χ1v) is 4.02. The number of aromatic amines is 1. The Balaban J connectivity index is 2.97. The first-order chi connectivity index (χ1) is 6.15. The number of aryl methyl sites for hydroxylation is 1. The van der Waals surface area contributed by atoms with Crippen LogP contribution in [0.25, 0.3) is 0 Å². The highest BCUT2D eigenvalue weighted by atomic mass is 16.5. The van der Waals surface area contributed by atoms with Gasteiger partial charge in [-0.2, -0.15) is 0 Å². The number of ether oxygens (including phenoxy) is 1. The second-order valence-corrected chi connectivity index (χ2v) is 2.60. The van der Waals surface area contributed by atoms with Crippen LogP contribution < -0.4 is 5.56 Å². The molecule has 4 heteroatoms. The Labute approximate surface area is 75.5 Å². The molecular formula is C9H11NO3. The van der Waals surface area contributed by atoms with E-state index >= 15 is 0 Å². The predicted octanol–water partition coefficient (Wildman–Crippen LogP) is 0.860. The number of hydrogen-bond donors (Lipinski definition) is 1. The summed E-state index contributed by atoms with van der Waals surface area (Å²) in [7, 11) is 0. The molecule has 0 bridgehead atoms. The molecule has 0 fully saturated rings. The van der Waals surface area contributed by atoms with Crippen LogP contribution in [0.4, 0.5) is 0 Å². The van der Waals surface area contributed by atoms with E-state index in [2.05, 4.69) is 4.98 Å². The maximum Gasteiger partial charge on any atom is 0.354 e. The number of rotatable bonds is 2. The van der Waals surface area contributed by atoms with Gasteiger partial charge in [0.25, 0.3) is 5.56 Å². The molecule has 0 saturated carbocycles. The van der Waals surface area contributed by atoms with Crippen LogP contribution in [-0.2, 0) is 4.74 Å². The summed E-state index contributed by atoms with van der Waals surface area (Å²) in [6, 6.07) is 3.12. The summed E-state index contributed by atoms with van der Waals surface area (Å²) in [5, 5.41) is 0. The van der Waals surface area contributed by atoms with Crippen molar-refractivity contribution in [1.82, 2.24) is 4.98 Å². The van der Waals surface area contributed by atoms with Crippen molar-refractivity contribution in [3.05, 3.63) is 33.7 Å². The fraction of sp³-hybridized carbons (Fsp3) is 0.333. The van der Waals surface area contributed by atoms with E-state index in [1.54, 1.807) is 19.9 Å². The lowest BCUT2D eigenvalue weighted by molar-refractivity contribution is 0.0519. The first-order valence-electron chi connectivity index (χ1n) is 4.02. The van der Waals surface area contributed by atoms with Crippen LogP contribution in [0.1, 0.15) is 23.0 Å². The third-order valence-corrected chi connectivity index (χ3v) is 1.60. The molecule has 0 spiro atoms. The van der Waals surface area contributed by atoms with E-state index in [9.17, 15) is 9.59 Å². The highest BCUT2D eigenvalue weighted by Gasteiger charge is 2.06. The summed E-state index contributed by atoms with van der Waals surface area (Å²) in [5.74, 6) is -0.500. The number of nitrogens with one attached hydrogen (secondary N) is 1. The van der Waals surface area contributed by atoms with Gasteiger partial charge in [-0.15, -0.1) is 0 Å². The highest BCUT2D eigenvalue weighted by Crippen LogP contribution is 1.96. The van der Waals surface area contributed by atoms with E-state index in [0.717, 1.165) is 0 Å².